The van der Waals surface area contributed by atoms with Crippen LogP contribution in [-0.2, 0) is 13.6 Å². The second-order valence-electron chi connectivity index (χ2n) is 5.30. The molecule has 0 radical (unpaired) electrons. The molecule has 0 aromatic heterocycles. The Balaban J connectivity index is 1.68. The number of hydrogen-bond donors (Lipinski definition) is 0. The summed E-state index contributed by atoms with van der Waals surface area (Å²) in [7, 11) is -2.39. The third kappa shape index (κ3) is 5.69. The van der Waals surface area contributed by atoms with Crippen LogP contribution in [0.2, 0.25) is 0 Å². The molecule has 0 unspecified atom stereocenters. The van der Waals surface area contributed by atoms with Crippen molar-refractivity contribution in [2.45, 2.75) is 24.7 Å². The first kappa shape index (κ1) is 18.5. The van der Waals surface area contributed by atoms with Gasteiger partial charge in [-0.15, -0.1) is 0 Å². The number of carbonyl (C=O) groups excluding carboxylic acids is 1. The first-order valence-electron chi connectivity index (χ1n) is 7.67. The van der Waals surface area contributed by atoms with Crippen molar-refractivity contribution < 1.29 is 17.9 Å². The van der Waals surface area contributed by atoms with Crippen LogP contribution in [0.15, 0.2) is 59.5 Å². The number of hydrogen-bond acceptors (Lipinski definition) is 5. The SMILES string of the molecule is Cc1ccc(S(=O)(=O)SCCCCOC(=O)c2ccccc2)cc1. The van der Waals surface area contributed by atoms with Crippen LogP contribution in [0.4, 0.5) is 0 Å². The minimum absolute atomic E-state index is 0.291. The maximum absolute atomic E-state index is 12.1. The van der Waals surface area contributed by atoms with E-state index in [1.54, 1.807) is 48.5 Å². The van der Waals surface area contributed by atoms with Gasteiger partial charge in [0.15, 0.2) is 0 Å². The average molecular weight is 364 g/mol. The Bertz CT molecular complexity index is 753. The molecule has 0 aliphatic rings. The van der Waals surface area contributed by atoms with Crippen LogP contribution in [0.5, 0.6) is 0 Å². The molecule has 0 saturated carbocycles. The molecule has 4 nitrogen and oxygen atoms in total. The smallest absolute Gasteiger partial charge is 0.338 e. The van der Waals surface area contributed by atoms with Crippen LogP contribution in [-0.4, -0.2) is 26.7 Å². The molecule has 128 valence electrons. The maximum Gasteiger partial charge on any atom is 0.338 e. The summed E-state index contributed by atoms with van der Waals surface area (Å²) in [5, 5.41) is 0. The van der Waals surface area contributed by atoms with Crippen molar-refractivity contribution in [1.82, 2.24) is 0 Å². The highest BCUT2D eigenvalue weighted by atomic mass is 33.1. The Morgan fingerprint density at radius 1 is 1.00 bits per heavy atom. The lowest BCUT2D eigenvalue weighted by atomic mass is 10.2. The highest BCUT2D eigenvalue weighted by Gasteiger charge is 2.14. The molecule has 0 N–H and O–H groups in total. The summed E-state index contributed by atoms with van der Waals surface area (Å²) in [6, 6.07) is 15.6. The number of benzene rings is 2. The van der Waals surface area contributed by atoms with Crippen LogP contribution in [0.1, 0.15) is 28.8 Å². The lowest BCUT2D eigenvalue weighted by Gasteiger charge is -2.06. The summed E-state index contributed by atoms with van der Waals surface area (Å²) < 4.78 is 29.5. The number of unbranched alkanes of at least 4 members (excludes halogenated alkanes) is 1. The standard InChI is InChI=1S/C18H20O4S2/c1-15-9-11-17(12-10-15)24(20,21)23-14-6-5-13-22-18(19)16-7-3-2-4-8-16/h2-4,7-12H,5-6,13-14H2,1H3. The average Bonchev–Trinajstić information content (AvgIpc) is 2.59. The quantitative estimate of drug-likeness (QED) is 0.402. The Hall–Kier alpha value is -1.79. The van der Waals surface area contributed by atoms with E-state index in [0.717, 1.165) is 16.4 Å². The third-order valence-corrected chi connectivity index (χ3v) is 6.95. The van der Waals surface area contributed by atoms with Gasteiger partial charge in [-0.2, -0.15) is 0 Å². The van der Waals surface area contributed by atoms with Crippen molar-refractivity contribution in [3.63, 3.8) is 0 Å². The van der Waals surface area contributed by atoms with Crippen molar-refractivity contribution in [2.75, 3.05) is 12.4 Å². The summed E-state index contributed by atoms with van der Waals surface area (Å²) in [4.78, 5) is 12.1. The predicted octanol–water partition coefficient (Wildman–Crippen LogP) is 4.05. The topological polar surface area (TPSA) is 60.4 Å². The van der Waals surface area contributed by atoms with Gasteiger partial charge in [-0.1, -0.05) is 35.9 Å². The first-order chi connectivity index (χ1) is 11.5. The maximum atomic E-state index is 12.1. The van der Waals surface area contributed by atoms with Crippen LogP contribution in [0.3, 0.4) is 0 Å². The Labute approximate surface area is 146 Å². The second kappa shape index (κ2) is 8.89. The first-order valence-corrected chi connectivity index (χ1v) is 10.7. The monoisotopic (exact) mass is 364 g/mol. The Morgan fingerprint density at radius 2 is 1.67 bits per heavy atom. The minimum Gasteiger partial charge on any atom is -0.462 e. The van der Waals surface area contributed by atoms with Crippen molar-refractivity contribution in [1.29, 1.82) is 0 Å². The fourth-order valence-corrected chi connectivity index (χ4v) is 4.87. The highest BCUT2D eigenvalue weighted by Crippen LogP contribution is 2.24. The molecule has 24 heavy (non-hydrogen) atoms. The van der Waals surface area contributed by atoms with E-state index in [2.05, 4.69) is 0 Å². The summed E-state index contributed by atoms with van der Waals surface area (Å²) >= 11 is 0. The molecule has 6 heteroatoms. The number of esters is 1. The van der Waals surface area contributed by atoms with E-state index in [9.17, 15) is 13.2 Å². The minimum atomic E-state index is -3.31. The lowest BCUT2D eigenvalue weighted by Crippen LogP contribution is -2.06. The summed E-state index contributed by atoms with van der Waals surface area (Å²) in [5.74, 6) is 0.120. The highest BCUT2D eigenvalue weighted by molar-refractivity contribution is 8.72. The van der Waals surface area contributed by atoms with Gasteiger partial charge < -0.3 is 4.74 Å². The van der Waals surface area contributed by atoms with E-state index in [4.69, 9.17) is 4.74 Å². The summed E-state index contributed by atoms with van der Waals surface area (Å²) in [6.45, 7) is 2.21. The van der Waals surface area contributed by atoms with Gasteiger partial charge in [-0.3, -0.25) is 0 Å². The Kier molecular flexibility index (Phi) is 6.87. The van der Waals surface area contributed by atoms with Crippen molar-refractivity contribution in [3.05, 3.63) is 65.7 Å². The third-order valence-electron chi connectivity index (χ3n) is 3.33. The molecule has 2 rings (SSSR count). The molecule has 0 saturated heterocycles. The van der Waals surface area contributed by atoms with Gasteiger partial charge in [-0.05, 0) is 54.8 Å². The van der Waals surface area contributed by atoms with Gasteiger partial charge in [0, 0.05) is 5.75 Å². The zero-order chi connectivity index (χ0) is 17.4. The van der Waals surface area contributed by atoms with Crippen molar-refractivity contribution in [3.8, 4) is 0 Å². The molecule has 0 spiro atoms. The molecule has 2 aromatic rings. The number of carbonyl (C=O) groups is 1. The molecule has 0 heterocycles. The zero-order valence-electron chi connectivity index (χ0n) is 13.5. The van der Waals surface area contributed by atoms with Crippen LogP contribution < -0.4 is 0 Å². The number of ether oxygens (including phenoxy) is 1. The molecule has 0 bridgehead atoms. The lowest BCUT2D eigenvalue weighted by molar-refractivity contribution is 0.0500. The molecule has 0 fully saturated rings. The van der Waals surface area contributed by atoms with E-state index >= 15 is 0 Å². The largest absolute Gasteiger partial charge is 0.462 e. The van der Waals surface area contributed by atoms with Gasteiger partial charge in [0.05, 0.1) is 17.1 Å². The molecule has 0 aliphatic heterocycles. The number of aryl methyl sites for hydroxylation is 1. The molecular weight excluding hydrogens is 344 g/mol. The van der Waals surface area contributed by atoms with Crippen LogP contribution in [0, 0.1) is 6.92 Å². The van der Waals surface area contributed by atoms with Gasteiger partial charge in [0.1, 0.15) is 0 Å². The van der Waals surface area contributed by atoms with E-state index < -0.39 is 8.87 Å². The number of rotatable bonds is 8. The van der Waals surface area contributed by atoms with E-state index in [-0.39, 0.29) is 5.97 Å². The van der Waals surface area contributed by atoms with E-state index in [0.29, 0.717) is 35.7 Å². The normalized spacial score (nSPS) is 11.2. The zero-order valence-corrected chi connectivity index (χ0v) is 15.1. The van der Waals surface area contributed by atoms with Gasteiger partial charge in [-0.25, -0.2) is 13.2 Å². The van der Waals surface area contributed by atoms with Gasteiger partial charge in [0.2, 0.25) is 8.87 Å². The fourth-order valence-electron chi connectivity index (χ4n) is 1.97. The molecule has 0 amide bonds. The predicted molar refractivity (Wildman–Crippen MR) is 96.8 cm³/mol. The second-order valence-corrected chi connectivity index (χ2v) is 9.35. The molecule has 0 aliphatic carbocycles. The van der Waals surface area contributed by atoms with Crippen LogP contribution in [0.25, 0.3) is 0 Å². The van der Waals surface area contributed by atoms with Gasteiger partial charge >= 0.3 is 5.97 Å². The fraction of sp³-hybridized carbons (Fsp3) is 0.278. The molecule has 0 atom stereocenters. The van der Waals surface area contributed by atoms with E-state index in [1.165, 1.54) is 0 Å². The van der Waals surface area contributed by atoms with Gasteiger partial charge in [0.25, 0.3) is 0 Å². The van der Waals surface area contributed by atoms with Crippen molar-refractivity contribution in [2.24, 2.45) is 0 Å². The van der Waals surface area contributed by atoms with Crippen LogP contribution >= 0.6 is 10.8 Å². The van der Waals surface area contributed by atoms with E-state index in [1.807, 2.05) is 13.0 Å². The molecule has 2 aromatic carbocycles. The Morgan fingerprint density at radius 3 is 2.33 bits per heavy atom. The molecular formula is C18H20O4S2. The summed E-state index contributed by atoms with van der Waals surface area (Å²) in [6.07, 6.45) is 1.30. The summed E-state index contributed by atoms with van der Waals surface area (Å²) in [5.41, 5.74) is 1.55. The van der Waals surface area contributed by atoms with Crippen molar-refractivity contribution >= 4 is 25.6 Å².